The third-order valence-corrected chi connectivity index (χ3v) is 13.5. The highest BCUT2D eigenvalue weighted by Gasteiger charge is 2.21. The Hall–Kier alpha value is -7.26. The van der Waals surface area contributed by atoms with Crippen molar-refractivity contribution < 1.29 is 4.42 Å². The number of hydrogen-bond donors (Lipinski definition) is 0. The van der Waals surface area contributed by atoms with Gasteiger partial charge in [-0.1, -0.05) is 158 Å². The zero-order chi connectivity index (χ0) is 37.9. The molecule has 2 heteroatoms. The smallest absolute Gasteiger partial charge is 0.143 e. The fourth-order valence-electron chi connectivity index (χ4n) is 9.90. The van der Waals surface area contributed by atoms with E-state index >= 15 is 0 Å². The van der Waals surface area contributed by atoms with Crippen molar-refractivity contribution in [2.45, 2.75) is 0 Å². The van der Waals surface area contributed by atoms with Gasteiger partial charge in [0.05, 0.1) is 0 Å². The van der Waals surface area contributed by atoms with E-state index in [4.69, 9.17) is 4.42 Å². The highest BCUT2D eigenvalue weighted by atomic mass is 32.1. The van der Waals surface area contributed by atoms with Crippen molar-refractivity contribution in [2.24, 2.45) is 0 Å². The maximum Gasteiger partial charge on any atom is 0.143 e. The summed E-state index contributed by atoms with van der Waals surface area (Å²) in [5.41, 5.74) is 9.21. The van der Waals surface area contributed by atoms with Gasteiger partial charge in [0.1, 0.15) is 11.2 Å². The highest BCUT2D eigenvalue weighted by molar-refractivity contribution is 7.26. The van der Waals surface area contributed by atoms with Gasteiger partial charge in [-0.15, -0.1) is 11.3 Å². The molecule has 0 atom stereocenters. The lowest BCUT2D eigenvalue weighted by Crippen LogP contribution is -1.91. The molecule has 2 aromatic heterocycles. The Kier molecular flexibility index (Phi) is 6.66. The third-order valence-electron chi connectivity index (χ3n) is 12.4. The molecule has 58 heavy (non-hydrogen) atoms. The zero-order valence-electron chi connectivity index (χ0n) is 31.3. The minimum atomic E-state index is 0.930. The molecule has 0 aliphatic heterocycles. The van der Waals surface area contributed by atoms with Crippen LogP contribution >= 0.6 is 11.3 Å². The first-order valence-corrected chi connectivity index (χ1v) is 20.7. The van der Waals surface area contributed by atoms with Crippen LogP contribution in [0.15, 0.2) is 199 Å². The molecule has 0 fully saturated rings. The second-order valence-corrected chi connectivity index (χ2v) is 16.6. The molecule has 13 aromatic rings. The van der Waals surface area contributed by atoms with Gasteiger partial charge in [0, 0.05) is 36.5 Å². The van der Waals surface area contributed by atoms with Crippen LogP contribution in [0.2, 0.25) is 0 Å². The van der Waals surface area contributed by atoms with Crippen LogP contribution in [-0.2, 0) is 0 Å². The van der Waals surface area contributed by atoms with E-state index < -0.39 is 0 Å². The van der Waals surface area contributed by atoms with E-state index in [1.807, 2.05) is 11.3 Å². The summed E-state index contributed by atoms with van der Waals surface area (Å²) in [5, 5.41) is 17.3. The van der Waals surface area contributed by atoms with Gasteiger partial charge in [-0.05, 0) is 118 Å². The summed E-state index contributed by atoms with van der Waals surface area (Å²) in [6.45, 7) is 0. The number of fused-ring (bicyclic) bond motifs is 12. The maximum absolute atomic E-state index is 6.91. The number of benzene rings is 11. The number of hydrogen-bond acceptors (Lipinski definition) is 2. The van der Waals surface area contributed by atoms with Crippen LogP contribution in [0.1, 0.15) is 0 Å². The summed E-state index contributed by atoms with van der Waals surface area (Å²) in [7, 11) is 0. The van der Waals surface area contributed by atoms with Crippen molar-refractivity contribution >= 4 is 107 Å². The van der Waals surface area contributed by atoms with E-state index in [9.17, 15) is 0 Å². The molecular formula is C56H32OS. The standard InChI is InChI=1S/C56H32OS/c1-3-15-39-33(12-1)14-11-22-41(39)53-44-19-7-5-17-42(44)51(43-18-6-8-20-45(43)53)37-26-24-35-31-38(27-25-34(35)30-37)52-40-16-4-2-13-36(40)32-47-54-48(57-56(47)52)28-29-50-55(54)46-21-9-10-23-49(46)58-50/h1-32H. The molecule has 0 N–H and O–H groups in total. The Morgan fingerprint density at radius 2 is 0.879 bits per heavy atom. The monoisotopic (exact) mass is 752 g/mol. The van der Waals surface area contributed by atoms with Gasteiger partial charge in [0.2, 0.25) is 0 Å². The van der Waals surface area contributed by atoms with Crippen LogP contribution in [-0.4, -0.2) is 0 Å². The summed E-state index contributed by atoms with van der Waals surface area (Å²) >= 11 is 1.85. The average molecular weight is 753 g/mol. The molecule has 0 saturated heterocycles. The predicted octanol–water partition coefficient (Wildman–Crippen LogP) is 16.7. The Balaban J connectivity index is 1.02. The van der Waals surface area contributed by atoms with E-state index in [1.54, 1.807) is 0 Å². The Morgan fingerprint density at radius 3 is 1.60 bits per heavy atom. The van der Waals surface area contributed by atoms with Gasteiger partial charge in [0.15, 0.2) is 0 Å². The Labute approximate surface area is 337 Å². The summed E-state index contributed by atoms with van der Waals surface area (Å²) < 4.78 is 9.50. The summed E-state index contributed by atoms with van der Waals surface area (Å²) in [6, 6.07) is 71.4. The number of furan rings is 1. The number of rotatable bonds is 3. The third kappa shape index (κ3) is 4.52. The summed E-state index contributed by atoms with van der Waals surface area (Å²) in [4.78, 5) is 0. The zero-order valence-corrected chi connectivity index (χ0v) is 32.1. The topological polar surface area (TPSA) is 13.1 Å². The Bertz CT molecular complexity index is 3800. The van der Waals surface area contributed by atoms with Crippen molar-refractivity contribution in [3.8, 4) is 33.4 Å². The van der Waals surface area contributed by atoms with Crippen molar-refractivity contribution in [2.75, 3.05) is 0 Å². The fourth-order valence-corrected chi connectivity index (χ4v) is 11.0. The predicted molar refractivity (Wildman–Crippen MR) is 250 cm³/mol. The quantitative estimate of drug-likeness (QED) is 0.164. The van der Waals surface area contributed by atoms with Crippen LogP contribution in [0.4, 0.5) is 0 Å². The summed E-state index contributed by atoms with van der Waals surface area (Å²) in [6.07, 6.45) is 0. The van der Waals surface area contributed by atoms with E-state index in [-0.39, 0.29) is 0 Å². The molecule has 0 aliphatic rings. The molecule has 0 spiro atoms. The second-order valence-electron chi connectivity index (χ2n) is 15.5. The van der Waals surface area contributed by atoms with E-state index in [2.05, 4.69) is 194 Å². The maximum atomic E-state index is 6.91. The SMILES string of the molecule is c1ccc2c(-c3c4ccccc4c(-c4ccc5cc(-c6c7ccccc7cc7c6oc6ccc8sc9ccccc9c8c67)ccc5c4)c4ccccc34)cccc2c1. The van der Waals surface area contributed by atoms with Crippen LogP contribution in [0.25, 0.3) is 129 Å². The molecule has 0 aliphatic carbocycles. The van der Waals surface area contributed by atoms with Crippen molar-refractivity contribution in [3.63, 3.8) is 0 Å². The van der Waals surface area contributed by atoms with E-state index in [1.165, 1.54) is 107 Å². The van der Waals surface area contributed by atoms with E-state index in [0.29, 0.717) is 0 Å². The van der Waals surface area contributed by atoms with Gasteiger partial charge in [-0.3, -0.25) is 0 Å². The van der Waals surface area contributed by atoms with Crippen molar-refractivity contribution in [1.82, 2.24) is 0 Å². The minimum Gasteiger partial charge on any atom is -0.455 e. The molecule has 0 radical (unpaired) electrons. The molecule has 1 nitrogen and oxygen atoms in total. The van der Waals surface area contributed by atoms with Crippen LogP contribution in [0, 0.1) is 0 Å². The minimum absolute atomic E-state index is 0.930. The van der Waals surface area contributed by atoms with Gasteiger partial charge in [-0.25, -0.2) is 0 Å². The van der Waals surface area contributed by atoms with Gasteiger partial charge in [-0.2, -0.15) is 0 Å². The fraction of sp³-hybridized carbons (Fsp3) is 0. The lowest BCUT2D eigenvalue weighted by molar-refractivity contribution is 0.671. The van der Waals surface area contributed by atoms with Crippen LogP contribution < -0.4 is 0 Å². The first-order chi connectivity index (χ1) is 28.8. The molecule has 268 valence electrons. The molecule has 2 heterocycles. The molecular weight excluding hydrogens is 721 g/mol. The first kappa shape index (κ1) is 31.9. The molecule has 0 bridgehead atoms. The lowest BCUT2D eigenvalue weighted by Gasteiger charge is -2.19. The summed E-state index contributed by atoms with van der Waals surface area (Å²) in [5.74, 6) is 0. The number of thiophene rings is 1. The highest BCUT2D eigenvalue weighted by Crippen LogP contribution is 2.48. The van der Waals surface area contributed by atoms with Crippen molar-refractivity contribution in [1.29, 1.82) is 0 Å². The van der Waals surface area contributed by atoms with Gasteiger partial charge >= 0.3 is 0 Å². The molecule has 0 unspecified atom stereocenters. The molecule has 0 amide bonds. The second kappa shape index (κ2) is 12.1. The lowest BCUT2D eigenvalue weighted by atomic mass is 9.84. The van der Waals surface area contributed by atoms with Gasteiger partial charge < -0.3 is 4.42 Å². The molecule has 0 saturated carbocycles. The Morgan fingerprint density at radius 1 is 0.310 bits per heavy atom. The van der Waals surface area contributed by atoms with Crippen molar-refractivity contribution in [3.05, 3.63) is 194 Å². The first-order valence-electron chi connectivity index (χ1n) is 19.9. The molecule has 11 aromatic carbocycles. The van der Waals surface area contributed by atoms with Gasteiger partial charge in [0.25, 0.3) is 0 Å². The van der Waals surface area contributed by atoms with Crippen LogP contribution in [0.5, 0.6) is 0 Å². The average Bonchev–Trinajstić information content (AvgIpc) is 3.85. The normalized spacial score (nSPS) is 12.1. The van der Waals surface area contributed by atoms with E-state index in [0.717, 1.165) is 22.3 Å². The van der Waals surface area contributed by atoms with Crippen LogP contribution in [0.3, 0.4) is 0 Å². The largest absolute Gasteiger partial charge is 0.455 e. The molecule has 13 rings (SSSR count).